The second-order valence-corrected chi connectivity index (χ2v) is 3.48. The van der Waals surface area contributed by atoms with Gasteiger partial charge >= 0.3 is 0 Å². The van der Waals surface area contributed by atoms with Gasteiger partial charge in [-0.15, -0.1) is 0 Å². The summed E-state index contributed by atoms with van der Waals surface area (Å²) in [6.07, 6.45) is 5.07. The second-order valence-electron chi connectivity index (χ2n) is 3.48. The van der Waals surface area contributed by atoms with E-state index in [1.165, 1.54) is 0 Å². The molecule has 5 nitrogen and oxygen atoms in total. The Morgan fingerprint density at radius 3 is 2.89 bits per heavy atom. The lowest BCUT2D eigenvalue weighted by Gasteiger charge is -2.05. The molecule has 0 saturated heterocycles. The minimum atomic E-state index is 0.474. The summed E-state index contributed by atoms with van der Waals surface area (Å²) >= 11 is 0. The van der Waals surface area contributed by atoms with E-state index in [1.54, 1.807) is 35.3 Å². The summed E-state index contributed by atoms with van der Waals surface area (Å²) in [6, 6.07) is 13.6. The Morgan fingerprint density at radius 1 is 1.11 bits per heavy atom. The fourth-order valence-electron chi connectivity index (χ4n) is 1.47. The van der Waals surface area contributed by atoms with Crippen molar-refractivity contribution in [3.63, 3.8) is 0 Å². The molecule has 18 heavy (non-hydrogen) atoms. The maximum absolute atomic E-state index is 5.53. The molecule has 87 valence electrons. The number of hydrogen-bond donors (Lipinski definition) is 0. The summed E-state index contributed by atoms with van der Waals surface area (Å²) in [5, 5.41) is 4.11. The van der Waals surface area contributed by atoms with Gasteiger partial charge in [-0.25, -0.2) is 9.67 Å². The van der Waals surface area contributed by atoms with Crippen molar-refractivity contribution in [2.24, 2.45) is 0 Å². The third-order valence-electron chi connectivity index (χ3n) is 2.25. The first kappa shape index (κ1) is 10.5. The van der Waals surface area contributed by atoms with Gasteiger partial charge < -0.3 is 4.74 Å². The highest BCUT2D eigenvalue weighted by atomic mass is 16.5. The molecule has 0 N–H and O–H groups in total. The van der Waals surface area contributed by atoms with E-state index in [4.69, 9.17) is 4.74 Å². The molecule has 5 heteroatoms. The Hall–Kier alpha value is -2.69. The predicted molar refractivity (Wildman–Crippen MR) is 64.5 cm³/mol. The number of ether oxygens (including phenoxy) is 1. The van der Waals surface area contributed by atoms with Gasteiger partial charge in [0.1, 0.15) is 0 Å². The van der Waals surface area contributed by atoms with Crippen LogP contribution in [0.25, 0.3) is 5.82 Å². The van der Waals surface area contributed by atoms with Crippen LogP contribution < -0.4 is 4.74 Å². The fraction of sp³-hybridized carbons (Fsp3) is 0. The zero-order valence-corrected chi connectivity index (χ0v) is 9.39. The zero-order chi connectivity index (χ0) is 12.2. The van der Waals surface area contributed by atoms with Crippen LogP contribution in [0.3, 0.4) is 0 Å². The summed E-state index contributed by atoms with van der Waals surface area (Å²) in [5.74, 6) is 1.65. The zero-order valence-electron chi connectivity index (χ0n) is 9.39. The molecule has 0 atom stereocenters. The molecular formula is C13H9N4O. The number of aromatic nitrogens is 4. The van der Waals surface area contributed by atoms with E-state index in [0.29, 0.717) is 17.6 Å². The number of rotatable bonds is 3. The molecule has 0 aliphatic carbocycles. The van der Waals surface area contributed by atoms with Gasteiger partial charge in [0.05, 0.1) is 0 Å². The number of nitrogens with zero attached hydrogens (tertiary/aromatic N) is 4. The van der Waals surface area contributed by atoms with Crippen LogP contribution in [0, 0.1) is 6.07 Å². The third-order valence-corrected chi connectivity index (χ3v) is 2.25. The molecule has 0 fully saturated rings. The largest absolute Gasteiger partial charge is 0.421 e. The first-order chi connectivity index (χ1) is 8.92. The van der Waals surface area contributed by atoms with Crippen LogP contribution in [0.2, 0.25) is 0 Å². The van der Waals surface area contributed by atoms with Crippen LogP contribution in [0.15, 0.2) is 55.0 Å². The quantitative estimate of drug-likeness (QED) is 0.701. The maximum Gasteiger partial charge on any atom is 0.223 e. The first-order valence-corrected chi connectivity index (χ1v) is 5.39. The summed E-state index contributed by atoms with van der Waals surface area (Å²) in [6.45, 7) is 0. The Labute approximate surface area is 104 Å². The lowest BCUT2D eigenvalue weighted by atomic mass is 10.4. The molecule has 1 radical (unpaired) electrons. The summed E-state index contributed by atoms with van der Waals surface area (Å²) in [7, 11) is 0. The van der Waals surface area contributed by atoms with E-state index in [9.17, 15) is 0 Å². The van der Waals surface area contributed by atoms with Crippen LogP contribution in [-0.4, -0.2) is 19.7 Å². The van der Waals surface area contributed by atoms with Gasteiger partial charge in [0.2, 0.25) is 11.8 Å². The number of hydrogen-bond acceptors (Lipinski definition) is 4. The van der Waals surface area contributed by atoms with E-state index in [-0.39, 0.29) is 0 Å². The summed E-state index contributed by atoms with van der Waals surface area (Å²) < 4.78 is 7.20. The van der Waals surface area contributed by atoms with Crippen molar-refractivity contribution in [3.05, 3.63) is 61.1 Å². The smallest absolute Gasteiger partial charge is 0.223 e. The molecule has 3 rings (SSSR count). The van der Waals surface area contributed by atoms with Crippen molar-refractivity contribution in [2.75, 3.05) is 0 Å². The van der Waals surface area contributed by atoms with Crippen LogP contribution >= 0.6 is 0 Å². The fourth-order valence-corrected chi connectivity index (χ4v) is 1.47. The SMILES string of the molecule is [c]1ccc(Oc2cccc(-n3cccn3)n2)nc1. The average molecular weight is 237 g/mol. The lowest BCUT2D eigenvalue weighted by Crippen LogP contribution is -1.99. The number of pyridine rings is 2. The van der Waals surface area contributed by atoms with E-state index < -0.39 is 0 Å². The Morgan fingerprint density at radius 2 is 2.11 bits per heavy atom. The Bertz CT molecular complexity index is 623. The maximum atomic E-state index is 5.53. The minimum Gasteiger partial charge on any atom is -0.421 e. The molecule has 3 aromatic rings. The van der Waals surface area contributed by atoms with Crippen molar-refractivity contribution in [1.82, 2.24) is 19.7 Å². The molecule has 0 spiro atoms. The van der Waals surface area contributed by atoms with Gasteiger partial charge in [-0.1, -0.05) is 6.07 Å². The van der Waals surface area contributed by atoms with Crippen LogP contribution in [-0.2, 0) is 0 Å². The van der Waals surface area contributed by atoms with E-state index in [0.717, 1.165) is 0 Å². The van der Waals surface area contributed by atoms with Crippen molar-refractivity contribution < 1.29 is 4.74 Å². The second kappa shape index (κ2) is 4.67. The van der Waals surface area contributed by atoms with Gasteiger partial charge in [-0.05, 0) is 18.2 Å². The topological polar surface area (TPSA) is 52.8 Å². The molecule has 3 aromatic heterocycles. The van der Waals surface area contributed by atoms with Gasteiger partial charge in [0.25, 0.3) is 0 Å². The Kier molecular flexibility index (Phi) is 2.71. The van der Waals surface area contributed by atoms with Gasteiger partial charge in [-0.3, -0.25) is 0 Å². The standard InChI is InChI=1S/C13H9N4O/c1-2-8-14-12(6-1)18-13-7-3-5-11(16-13)17-10-4-9-15-17/h1,3-10H. The summed E-state index contributed by atoms with van der Waals surface area (Å²) in [4.78, 5) is 8.36. The molecule has 0 unspecified atom stereocenters. The van der Waals surface area contributed by atoms with E-state index >= 15 is 0 Å². The predicted octanol–water partition coefficient (Wildman–Crippen LogP) is 2.25. The molecule has 3 heterocycles. The van der Waals surface area contributed by atoms with Crippen molar-refractivity contribution in [1.29, 1.82) is 0 Å². The van der Waals surface area contributed by atoms with Crippen molar-refractivity contribution in [2.45, 2.75) is 0 Å². The van der Waals surface area contributed by atoms with Crippen LogP contribution in [0.5, 0.6) is 11.8 Å². The van der Waals surface area contributed by atoms with Gasteiger partial charge in [-0.2, -0.15) is 10.1 Å². The van der Waals surface area contributed by atoms with Gasteiger partial charge in [0.15, 0.2) is 5.82 Å². The summed E-state index contributed by atoms with van der Waals surface area (Å²) in [5.41, 5.74) is 0. The monoisotopic (exact) mass is 237 g/mol. The molecule has 0 saturated carbocycles. The highest BCUT2D eigenvalue weighted by molar-refractivity contribution is 5.28. The van der Waals surface area contributed by atoms with E-state index in [2.05, 4.69) is 21.1 Å². The molecule has 0 bridgehead atoms. The molecule has 0 aliphatic heterocycles. The van der Waals surface area contributed by atoms with Crippen LogP contribution in [0.1, 0.15) is 0 Å². The first-order valence-electron chi connectivity index (χ1n) is 5.39. The Balaban J connectivity index is 1.88. The van der Waals surface area contributed by atoms with E-state index in [1.807, 2.05) is 24.4 Å². The van der Waals surface area contributed by atoms with Crippen molar-refractivity contribution >= 4 is 0 Å². The average Bonchev–Trinajstić information content (AvgIpc) is 2.94. The molecular weight excluding hydrogens is 228 g/mol. The van der Waals surface area contributed by atoms with Gasteiger partial charge in [0, 0.05) is 36.8 Å². The third kappa shape index (κ3) is 2.20. The van der Waals surface area contributed by atoms with Crippen molar-refractivity contribution in [3.8, 4) is 17.6 Å². The van der Waals surface area contributed by atoms with Crippen LogP contribution in [0.4, 0.5) is 0 Å². The molecule has 0 aromatic carbocycles. The highest BCUT2D eigenvalue weighted by Gasteiger charge is 2.02. The minimum absolute atomic E-state index is 0.474. The normalized spacial score (nSPS) is 10.2. The lowest BCUT2D eigenvalue weighted by molar-refractivity contribution is 0.443. The molecule has 0 amide bonds. The highest BCUT2D eigenvalue weighted by Crippen LogP contribution is 2.17. The molecule has 0 aliphatic rings.